The quantitative estimate of drug-likeness (QED) is 0.489. The minimum atomic E-state index is 0.127. The molecule has 2 saturated heterocycles. The zero-order chi connectivity index (χ0) is 17.9. The summed E-state index contributed by atoms with van der Waals surface area (Å²) < 4.78 is 0. The predicted octanol–water partition coefficient (Wildman–Crippen LogP) is 6.14. The summed E-state index contributed by atoms with van der Waals surface area (Å²) in [7, 11) is 0. The van der Waals surface area contributed by atoms with Crippen LogP contribution in [0.1, 0.15) is 46.5 Å². The lowest BCUT2D eigenvalue weighted by atomic mass is 9.83. The molecule has 2 heteroatoms. The highest BCUT2D eigenvalue weighted by atomic mass is 15.7. The van der Waals surface area contributed by atoms with Crippen LogP contribution in [0.15, 0.2) is 54.6 Å². The van der Waals surface area contributed by atoms with Crippen molar-refractivity contribution < 1.29 is 0 Å². The zero-order valence-corrected chi connectivity index (χ0v) is 16.1. The van der Waals surface area contributed by atoms with Crippen LogP contribution in [0.5, 0.6) is 0 Å². The summed E-state index contributed by atoms with van der Waals surface area (Å²) in [6.45, 7) is 7.11. The maximum atomic E-state index is 2.71. The molecule has 0 N–H and O–H groups in total. The summed E-state index contributed by atoms with van der Waals surface area (Å²) in [5, 5.41) is 10.9. The third kappa shape index (κ3) is 2.35. The van der Waals surface area contributed by atoms with E-state index in [4.69, 9.17) is 0 Å². The van der Waals surface area contributed by atoms with Gasteiger partial charge in [-0.15, -0.1) is 0 Å². The van der Waals surface area contributed by atoms with Crippen molar-refractivity contribution in [1.82, 2.24) is 5.01 Å². The maximum absolute atomic E-state index is 2.71. The minimum absolute atomic E-state index is 0.127. The molecule has 1 saturated carbocycles. The first-order valence-electron chi connectivity index (χ1n) is 10.0. The molecule has 3 aromatic rings. The summed E-state index contributed by atoms with van der Waals surface area (Å²) in [5.74, 6) is 0. The van der Waals surface area contributed by atoms with E-state index in [2.05, 4.69) is 85.4 Å². The molecule has 6 rings (SSSR count). The predicted molar refractivity (Wildman–Crippen MR) is 112 cm³/mol. The van der Waals surface area contributed by atoms with E-state index in [1.54, 1.807) is 0 Å². The van der Waals surface area contributed by atoms with Crippen molar-refractivity contribution in [2.24, 2.45) is 0 Å². The fraction of sp³-hybridized carbons (Fsp3) is 0.417. The molecule has 1 aliphatic carbocycles. The largest absolute Gasteiger partial charge is 0.301 e. The second-order valence-corrected chi connectivity index (χ2v) is 8.99. The van der Waals surface area contributed by atoms with E-state index in [9.17, 15) is 0 Å². The van der Waals surface area contributed by atoms with E-state index in [1.807, 2.05) is 0 Å². The molecule has 2 bridgehead atoms. The molecule has 3 fully saturated rings. The van der Waals surface area contributed by atoms with Gasteiger partial charge in [-0.05, 0) is 63.3 Å². The molecule has 0 spiro atoms. The Morgan fingerprint density at radius 3 is 1.77 bits per heavy atom. The van der Waals surface area contributed by atoms with Crippen LogP contribution in [-0.2, 0) is 0 Å². The van der Waals surface area contributed by atoms with E-state index >= 15 is 0 Å². The molecule has 134 valence electrons. The molecular formula is C24H28N2. The fourth-order valence-corrected chi connectivity index (χ4v) is 5.30. The van der Waals surface area contributed by atoms with E-state index in [-0.39, 0.29) is 5.54 Å². The van der Waals surface area contributed by atoms with Crippen molar-refractivity contribution >= 4 is 27.2 Å². The number of hydrogen-bond donors (Lipinski definition) is 0. The summed E-state index contributed by atoms with van der Waals surface area (Å²) in [5.41, 5.74) is 1.55. The van der Waals surface area contributed by atoms with Gasteiger partial charge in [0.15, 0.2) is 0 Å². The monoisotopic (exact) mass is 344 g/mol. The van der Waals surface area contributed by atoms with Crippen LogP contribution in [0.3, 0.4) is 0 Å². The van der Waals surface area contributed by atoms with Gasteiger partial charge in [-0.3, -0.25) is 0 Å². The smallest absolute Gasteiger partial charge is 0.0682 e. The third-order valence-electron chi connectivity index (χ3n) is 6.25. The second-order valence-electron chi connectivity index (χ2n) is 8.99. The fourth-order valence-electron chi connectivity index (χ4n) is 5.30. The number of hydrogen-bond acceptors (Lipinski definition) is 2. The van der Waals surface area contributed by atoms with Gasteiger partial charge in [0, 0.05) is 28.4 Å². The number of rotatable bonds is 1. The molecule has 3 aliphatic rings. The Bertz CT molecular complexity index is 907. The number of anilines is 1. The van der Waals surface area contributed by atoms with E-state index < -0.39 is 0 Å². The lowest BCUT2D eigenvalue weighted by molar-refractivity contribution is -0.0136. The van der Waals surface area contributed by atoms with E-state index in [0.717, 1.165) is 0 Å². The molecule has 0 atom stereocenters. The Labute approximate surface area is 156 Å². The first-order valence-corrected chi connectivity index (χ1v) is 10.0. The van der Waals surface area contributed by atoms with Crippen LogP contribution in [-0.4, -0.2) is 22.6 Å². The van der Waals surface area contributed by atoms with Crippen LogP contribution in [0.4, 0.5) is 5.69 Å². The average molecular weight is 345 g/mol. The number of hydrazine groups is 1. The van der Waals surface area contributed by atoms with E-state index in [1.165, 1.54) is 52.9 Å². The number of benzene rings is 3. The number of nitrogens with zero attached hydrogens (tertiary/aromatic N) is 2. The van der Waals surface area contributed by atoms with Crippen molar-refractivity contribution in [3.63, 3.8) is 0 Å². The summed E-state index contributed by atoms with van der Waals surface area (Å²) in [6.07, 6.45) is 5.30. The molecule has 2 aliphatic heterocycles. The SMILES string of the molecule is CC(C)(C)N1C2CCC(CC2)N1c1c2ccccc2cc2ccccc12. The average Bonchev–Trinajstić information content (AvgIpc) is 2.65. The highest BCUT2D eigenvalue weighted by molar-refractivity contribution is 6.11. The molecule has 3 aromatic carbocycles. The Morgan fingerprint density at radius 2 is 1.23 bits per heavy atom. The minimum Gasteiger partial charge on any atom is -0.301 e. The first kappa shape index (κ1) is 16.1. The lowest BCUT2D eigenvalue weighted by Gasteiger charge is -2.59. The molecular weight excluding hydrogens is 316 g/mol. The van der Waals surface area contributed by atoms with Crippen LogP contribution in [0, 0.1) is 0 Å². The standard InChI is InChI=1S/C24H28N2/c1-24(2,3)26-20-14-12-19(13-15-20)25(26)23-21-10-6-4-8-17(21)16-18-9-5-7-11-22(18)23/h4-11,16,19-20H,12-15H2,1-3H3. The van der Waals surface area contributed by atoms with Crippen LogP contribution in [0.2, 0.25) is 0 Å². The molecule has 0 radical (unpaired) electrons. The van der Waals surface area contributed by atoms with Gasteiger partial charge in [0.25, 0.3) is 0 Å². The Kier molecular flexibility index (Phi) is 3.55. The van der Waals surface area contributed by atoms with Crippen molar-refractivity contribution in [3.8, 4) is 0 Å². The Morgan fingerprint density at radius 1 is 0.731 bits per heavy atom. The van der Waals surface area contributed by atoms with Gasteiger partial charge in [-0.1, -0.05) is 48.5 Å². The zero-order valence-electron chi connectivity index (χ0n) is 16.1. The first-order chi connectivity index (χ1) is 12.5. The highest BCUT2D eigenvalue weighted by Gasteiger charge is 2.45. The van der Waals surface area contributed by atoms with Crippen molar-refractivity contribution in [2.45, 2.75) is 64.1 Å². The summed E-state index contributed by atoms with van der Waals surface area (Å²) in [4.78, 5) is 0. The molecule has 0 aromatic heterocycles. The third-order valence-corrected chi connectivity index (χ3v) is 6.25. The van der Waals surface area contributed by atoms with E-state index in [0.29, 0.717) is 12.1 Å². The topological polar surface area (TPSA) is 6.48 Å². The maximum Gasteiger partial charge on any atom is 0.0682 e. The molecule has 2 nitrogen and oxygen atoms in total. The normalized spacial score (nSPS) is 23.9. The molecule has 26 heavy (non-hydrogen) atoms. The summed E-state index contributed by atoms with van der Waals surface area (Å²) in [6, 6.07) is 21.4. The van der Waals surface area contributed by atoms with Crippen molar-refractivity contribution in [1.29, 1.82) is 0 Å². The van der Waals surface area contributed by atoms with Gasteiger partial charge < -0.3 is 5.01 Å². The van der Waals surface area contributed by atoms with Gasteiger partial charge in [0.1, 0.15) is 0 Å². The van der Waals surface area contributed by atoms with Crippen LogP contribution in [0.25, 0.3) is 21.5 Å². The lowest BCUT2D eigenvalue weighted by Crippen LogP contribution is -2.67. The molecule has 0 unspecified atom stereocenters. The van der Waals surface area contributed by atoms with Crippen LogP contribution >= 0.6 is 0 Å². The Hall–Kier alpha value is -2.06. The van der Waals surface area contributed by atoms with Gasteiger partial charge in [0.2, 0.25) is 0 Å². The van der Waals surface area contributed by atoms with Gasteiger partial charge in [0.05, 0.1) is 5.69 Å². The van der Waals surface area contributed by atoms with Crippen molar-refractivity contribution in [3.05, 3.63) is 54.6 Å². The van der Waals surface area contributed by atoms with Crippen molar-refractivity contribution in [2.75, 3.05) is 5.01 Å². The molecule has 2 heterocycles. The Balaban J connectivity index is 1.84. The van der Waals surface area contributed by atoms with Crippen LogP contribution < -0.4 is 5.01 Å². The highest BCUT2D eigenvalue weighted by Crippen LogP contribution is 2.46. The van der Waals surface area contributed by atoms with Gasteiger partial charge >= 0.3 is 0 Å². The molecule has 0 amide bonds. The van der Waals surface area contributed by atoms with Gasteiger partial charge in [-0.2, -0.15) is 0 Å². The van der Waals surface area contributed by atoms with Gasteiger partial charge in [-0.25, -0.2) is 5.01 Å². The second kappa shape index (κ2) is 5.72. The number of fused-ring (bicyclic) bond motifs is 5. The summed E-state index contributed by atoms with van der Waals surface area (Å²) >= 11 is 0.